The van der Waals surface area contributed by atoms with Gasteiger partial charge >= 0.3 is 18.3 Å². The van der Waals surface area contributed by atoms with E-state index in [9.17, 15) is 35.9 Å². The van der Waals surface area contributed by atoms with Gasteiger partial charge in [-0.1, -0.05) is 42.5 Å². The van der Waals surface area contributed by atoms with Gasteiger partial charge in [-0.15, -0.1) is 0 Å². The van der Waals surface area contributed by atoms with E-state index in [-0.39, 0.29) is 6.54 Å². The number of likely N-dealkylation sites (tertiary alicyclic amines) is 1. The maximum Gasteiger partial charge on any atom is 0.490 e. The number of hydrogen-bond acceptors (Lipinski definition) is 5. The van der Waals surface area contributed by atoms with Crippen LogP contribution >= 0.6 is 0 Å². The third-order valence-electron chi connectivity index (χ3n) is 6.91. The molecule has 1 amide bonds. The molecule has 2 aliphatic heterocycles. The molecule has 6 nitrogen and oxygen atoms in total. The van der Waals surface area contributed by atoms with Crippen LogP contribution < -0.4 is 0 Å². The number of halogens is 6. The Bertz CT molecular complexity index is 1120. The lowest BCUT2D eigenvalue weighted by Gasteiger charge is -2.39. The summed E-state index contributed by atoms with van der Waals surface area (Å²) in [4.78, 5) is 29.8. The van der Waals surface area contributed by atoms with Crippen molar-refractivity contribution >= 4 is 11.9 Å². The van der Waals surface area contributed by atoms with E-state index in [0.29, 0.717) is 26.2 Å². The zero-order chi connectivity index (χ0) is 27.5. The molecule has 2 aliphatic rings. The minimum absolute atomic E-state index is 0.162. The van der Waals surface area contributed by atoms with Crippen LogP contribution in [0, 0.1) is 0 Å². The third-order valence-corrected chi connectivity index (χ3v) is 6.91. The van der Waals surface area contributed by atoms with Crippen molar-refractivity contribution in [3.8, 4) is 0 Å². The molecular weight excluding hydrogens is 516 g/mol. The first kappa shape index (κ1) is 27.9. The Labute approximate surface area is 215 Å². The first-order chi connectivity index (χ1) is 17.9. The first-order valence-electron chi connectivity index (χ1n) is 12.2. The number of alkyl halides is 6. The summed E-state index contributed by atoms with van der Waals surface area (Å²) >= 11 is 0. The second-order valence-corrected chi connectivity index (χ2v) is 9.38. The van der Waals surface area contributed by atoms with Crippen molar-refractivity contribution in [1.82, 2.24) is 14.7 Å². The average Bonchev–Trinajstić information content (AvgIpc) is 3.30. The van der Waals surface area contributed by atoms with Gasteiger partial charge in [-0.05, 0) is 24.1 Å². The molecule has 2 heterocycles. The quantitative estimate of drug-likeness (QED) is 0.409. The molecule has 0 unspecified atom stereocenters. The monoisotopic (exact) mass is 543 g/mol. The van der Waals surface area contributed by atoms with Crippen LogP contribution in [0.5, 0.6) is 0 Å². The molecule has 2 saturated heterocycles. The third kappa shape index (κ3) is 6.65. The number of amides is 1. The SMILES string of the molecule is O=C(c1ccccc1C(F)(F)F)N1C[C@H](OC(=O)C(F)(F)F)[C@@H](N2CCN(CCc3ccccc3)CC2)C1. The molecule has 0 radical (unpaired) electrons. The van der Waals surface area contributed by atoms with Crippen LogP contribution in [-0.4, -0.2) is 90.7 Å². The zero-order valence-electron chi connectivity index (χ0n) is 20.3. The van der Waals surface area contributed by atoms with Gasteiger partial charge in [0.25, 0.3) is 5.91 Å². The predicted molar refractivity (Wildman–Crippen MR) is 125 cm³/mol. The van der Waals surface area contributed by atoms with Crippen LogP contribution in [0.4, 0.5) is 26.3 Å². The molecular formula is C26H27F6N3O3. The summed E-state index contributed by atoms with van der Waals surface area (Å²) in [6, 6.07) is 13.3. The van der Waals surface area contributed by atoms with E-state index in [1.807, 2.05) is 35.2 Å². The molecule has 206 valence electrons. The van der Waals surface area contributed by atoms with Crippen molar-refractivity contribution in [1.29, 1.82) is 0 Å². The van der Waals surface area contributed by atoms with Crippen molar-refractivity contribution < 1.29 is 40.7 Å². The van der Waals surface area contributed by atoms with E-state index >= 15 is 0 Å². The highest BCUT2D eigenvalue weighted by atomic mass is 19.4. The molecule has 2 aromatic carbocycles. The van der Waals surface area contributed by atoms with Crippen molar-refractivity contribution in [3.63, 3.8) is 0 Å². The number of ether oxygens (including phenoxy) is 1. The summed E-state index contributed by atoms with van der Waals surface area (Å²) in [5.41, 5.74) is -0.560. The highest BCUT2D eigenvalue weighted by molar-refractivity contribution is 5.96. The molecule has 4 rings (SSSR count). The molecule has 0 spiro atoms. The largest absolute Gasteiger partial charge is 0.490 e. The normalized spacial score (nSPS) is 21.5. The standard InChI is InChI=1S/C26H27F6N3O3/c27-25(28,29)20-9-5-4-8-19(20)23(36)35-16-21(22(17-35)38-24(37)26(30,31)32)34-14-12-33(13-15-34)11-10-18-6-2-1-3-7-18/h1-9,21-22H,10-17H2/t21-,22-/m0/s1. The Morgan fingerprint density at radius 1 is 0.842 bits per heavy atom. The number of nitrogens with zero attached hydrogens (tertiary/aromatic N) is 3. The van der Waals surface area contributed by atoms with Gasteiger partial charge in [-0.25, -0.2) is 4.79 Å². The van der Waals surface area contributed by atoms with Gasteiger partial charge in [0.2, 0.25) is 0 Å². The van der Waals surface area contributed by atoms with Gasteiger partial charge < -0.3 is 14.5 Å². The van der Waals surface area contributed by atoms with E-state index in [0.717, 1.165) is 36.1 Å². The fourth-order valence-corrected chi connectivity index (χ4v) is 4.93. The van der Waals surface area contributed by atoms with Crippen LogP contribution in [0.2, 0.25) is 0 Å². The smallest absolute Gasteiger partial charge is 0.452 e. The van der Waals surface area contributed by atoms with Crippen molar-refractivity contribution in [2.45, 2.75) is 30.9 Å². The van der Waals surface area contributed by atoms with E-state index in [1.54, 1.807) is 0 Å². The zero-order valence-corrected chi connectivity index (χ0v) is 20.3. The summed E-state index contributed by atoms with van der Waals surface area (Å²) in [6.07, 6.45) is -10.5. The second-order valence-electron chi connectivity index (χ2n) is 9.38. The van der Waals surface area contributed by atoms with Crippen LogP contribution in [0.3, 0.4) is 0 Å². The lowest BCUT2D eigenvalue weighted by Crippen LogP contribution is -2.54. The molecule has 0 aromatic heterocycles. The minimum Gasteiger partial charge on any atom is -0.452 e. The number of benzene rings is 2. The van der Waals surface area contributed by atoms with Crippen molar-refractivity contribution in [2.75, 3.05) is 45.8 Å². The Morgan fingerprint density at radius 2 is 1.47 bits per heavy atom. The van der Waals surface area contributed by atoms with Gasteiger partial charge in [-0.3, -0.25) is 9.69 Å². The molecule has 2 atom stereocenters. The Hall–Kier alpha value is -3.12. The summed E-state index contributed by atoms with van der Waals surface area (Å²) in [5.74, 6) is -3.37. The minimum atomic E-state index is -5.24. The van der Waals surface area contributed by atoms with Gasteiger partial charge in [0.15, 0.2) is 0 Å². The summed E-state index contributed by atoms with van der Waals surface area (Å²) in [7, 11) is 0. The Balaban J connectivity index is 1.46. The van der Waals surface area contributed by atoms with Crippen LogP contribution in [-0.2, 0) is 22.1 Å². The average molecular weight is 544 g/mol. The number of carbonyl (C=O) groups is 2. The van der Waals surface area contributed by atoms with Crippen molar-refractivity contribution in [2.24, 2.45) is 0 Å². The van der Waals surface area contributed by atoms with Crippen LogP contribution in [0.15, 0.2) is 54.6 Å². The first-order valence-corrected chi connectivity index (χ1v) is 12.2. The molecule has 0 aliphatic carbocycles. The predicted octanol–water partition coefficient (Wildman–Crippen LogP) is 3.86. The molecule has 0 bridgehead atoms. The fourth-order valence-electron chi connectivity index (χ4n) is 4.93. The summed E-state index contributed by atoms with van der Waals surface area (Å²) in [6.45, 7) is 2.29. The van der Waals surface area contributed by atoms with E-state index in [1.165, 1.54) is 11.6 Å². The maximum absolute atomic E-state index is 13.5. The van der Waals surface area contributed by atoms with Crippen LogP contribution in [0.1, 0.15) is 21.5 Å². The maximum atomic E-state index is 13.5. The topological polar surface area (TPSA) is 53.1 Å². The lowest BCUT2D eigenvalue weighted by atomic mass is 10.1. The molecule has 2 fully saturated rings. The molecule has 0 N–H and O–H groups in total. The van der Waals surface area contributed by atoms with E-state index in [2.05, 4.69) is 4.90 Å². The number of esters is 1. The van der Waals surface area contributed by atoms with Crippen LogP contribution in [0.25, 0.3) is 0 Å². The molecule has 38 heavy (non-hydrogen) atoms. The summed E-state index contributed by atoms with van der Waals surface area (Å²) in [5, 5.41) is 0. The second kappa shape index (κ2) is 11.3. The molecule has 12 heteroatoms. The number of carbonyl (C=O) groups excluding carboxylic acids is 2. The van der Waals surface area contributed by atoms with Gasteiger partial charge in [0.1, 0.15) is 6.10 Å². The molecule has 0 saturated carbocycles. The lowest BCUT2D eigenvalue weighted by molar-refractivity contribution is -0.206. The highest BCUT2D eigenvalue weighted by Gasteiger charge is 2.48. The van der Waals surface area contributed by atoms with E-state index in [4.69, 9.17) is 4.74 Å². The number of rotatable bonds is 6. The summed E-state index contributed by atoms with van der Waals surface area (Å²) < 4.78 is 84.0. The number of hydrogen-bond donors (Lipinski definition) is 0. The van der Waals surface area contributed by atoms with Crippen molar-refractivity contribution in [3.05, 3.63) is 71.3 Å². The van der Waals surface area contributed by atoms with Gasteiger partial charge in [0.05, 0.1) is 23.7 Å². The Morgan fingerprint density at radius 3 is 2.11 bits per heavy atom. The number of piperazine rings is 1. The Kier molecular flexibility index (Phi) is 8.31. The molecule has 2 aromatic rings. The van der Waals surface area contributed by atoms with Gasteiger partial charge in [0, 0.05) is 39.3 Å². The van der Waals surface area contributed by atoms with E-state index < -0.39 is 54.0 Å². The van der Waals surface area contributed by atoms with Gasteiger partial charge in [-0.2, -0.15) is 26.3 Å². The fraction of sp³-hybridized carbons (Fsp3) is 0.462. The highest BCUT2D eigenvalue weighted by Crippen LogP contribution is 2.33.